The van der Waals surface area contributed by atoms with Crippen molar-refractivity contribution < 1.29 is 9.26 Å². The number of hydrogen-bond donors (Lipinski definition) is 1. The quantitative estimate of drug-likeness (QED) is 0.919. The van der Waals surface area contributed by atoms with Crippen LogP contribution in [0.2, 0.25) is 5.02 Å². The van der Waals surface area contributed by atoms with Gasteiger partial charge in [-0.25, -0.2) is 0 Å². The van der Waals surface area contributed by atoms with Gasteiger partial charge in [-0.15, -0.1) is 0 Å². The van der Waals surface area contributed by atoms with Gasteiger partial charge < -0.3 is 15.0 Å². The van der Waals surface area contributed by atoms with E-state index in [1.807, 2.05) is 32.0 Å². The Hall–Kier alpha value is -1.52. The molecule has 0 aliphatic carbocycles. The Morgan fingerprint density at radius 1 is 1.40 bits per heavy atom. The first-order chi connectivity index (χ1) is 9.56. The lowest BCUT2D eigenvalue weighted by atomic mass is 9.90. The molecule has 0 bridgehead atoms. The van der Waals surface area contributed by atoms with Gasteiger partial charge in [-0.3, -0.25) is 0 Å². The third kappa shape index (κ3) is 2.97. The Balaban J connectivity index is 2.35. The van der Waals surface area contributed by atoms with Crippen molar-refractivity contribution in [3.63, 3.8) is 0 Å². The average Bonchev–Trinajstić information content (AvgIpc) is 2.75. The minimum atomic E-state index is 0.112. The maximum atomic E-state index is 6.09. The van der Waals surface area contributed by atoms with Crippen LogP contribution < -0.4 is 10.5 Å². The summed E-state index contributed by atoms with van der Waals surface area (Å²) in [7, 11) is 1.65. The maximum absolute atomic E-state index is 6.09. The fourth-order valence-electron chi connectivity index (χ4n) is 2.38. The van der Waals surface area contributed by atoms with E-state index in [0.29, 0.717) is 11.6 Å². The molecule has 1 aromatic heterocycles. The van der Waals surface area contributed by atoms with E-state index < -0.39 is 0 Å². The normalized spacial score (nSPS) is 12.4. The number of hydrogen-bond acceptors (Lipinski definition) is 4. The van der Waals surface area contributed by atoms with Crippen molar-refractivity contribution in [2.75, 3.05) is 13.7 Å². The van der Waals surface area contributed by atoms with Gasteiger partial charge in [0.05, 0.1) is 12.8 Å². The molecule has 108 valence electrons. The number of benzene rings is 1. The van der Waals surface area contributed by atoms with Crippen LogP contribution in [-0.4, -0.2) is 18.8 Å². The molecule has 2 rings (SSSR count). The van der Waals surface area contributed by atoms with Crippen molar-refractivity contribution in [2.45, 2.75) is 26.2 Å². The zero-order chi connectivity index (χ0) is 14.7. The first-order valence-electron chi connectivity index (χ1n) is 6.52. The highest BCUT2D eigenvalue weighted by molar-refractivity contribution is 6.30. The molecule has 0 saturated heterocycles. The fourth-order valence-corrected chi connectivity index (χ4v) is 2.56. The number of halogens is 1. The molecular weight excluding hydrogens is 276 g/mol. The lowest BCUT2D eigenvalue weighted by Gasteiger charge is -2.18. The molecule has 1 heterocycles. The molecule has 0 amide bonds. The zero-order valence-electron chi connectivity index (χ0n) is 11.9. The van der Waals surface area contributed by atoms with E-state index in [2.05, 4.69) is 5.16 Å². The largest absolute Gasteiger partial charge is 0.496 e. The monoisotopic (exact) mass is 294 g/mol. The molecule has 0 radical (unpaired) electrons. The molecule has 1 atom stereocenters. The number of nitrogens with two attached hydrogens (primary N) is 1. The highest BCUT2D eigenvalue weighted by Crippen LogP contribution is 2.32. The van der Waals surface area contributed by atoms with Crippen molar-refractivity contribution >= 4 is 11.6 Å². The lowest BCUT2D eigenvalue weighted by Crippen LogP contribution is -2.16. The van der Waals surface area contributed by atoms with E-state index in [0.717, 1.165) is 34.8 Å². The van der Waals surface area contributed by atoms with E-state index in [9.17, 15) is 0 Å². The molecule has 20 heavy (non-hydrogen) atoms. The van der Waals surface area contributed by atoms with Crippen LogP contribution in [0.3, 0.4) is 0 Å². The standard InChI is InChI=1S/C15H19ClN2O2/c1-9-13(10(2)20-18-9)6-11(8-17)14-7-12(16)4-5-15(14)19-3/h4-5,7,11H,6,8,17H2,1-3H3. The Labute approximate surface area is 123 Å². The summed E-state index contributed by atoms with van der Waals surface area (Å²) in [6, 6.07) is 5.59. The molecule has 2 N–H and O–H groups in total. The van der Waals surface area contributed by atoms with Crippen molar-refractivity contribution in [3.05, 3.63) is 45.8 Å². The number of rotatable bonds is 5. The van der Waals surface area contributed by atoms with Gasteiger partial charge >= 0.3 is 0 Å². The van der Waals surface area contributed by atoms with Crippen LogP contribution in [0.15, 0.2) is 22.7 Å². The summed E-state index contributed by atoms with van der Waals surface area (Å²) in [5.74, 6) is 1.75. The number of aromatic nitrogens is 1. The van der Waals surface area contributed by atoms with E-state index in [-0.39, 0.29) is 5.92 Å². The summed E-state index contributed by atoms with van der Waals surface area (Å²) >= 11 is 6.09. The molecule has 0 fully saturated rings. The van der Waals surface area contributed by atoms with Crippen molar-refractivity contribution in [3.8, 4) is 5.75 Å². The van der Waals surface area contributed by atoms with Crippen LogP contribution in [0.5, 0.6) is 5.75 Å². The highest BCUT2D eigenvalue weighted by atomic mass is 35.5. The molecule has 0 aliphatic heterocycles. The molecule has 2 aromatic rings. The summed E-state index contributed by atoms with van der Waals surface area (Å²) in [4.78, 5) is 0. The first kappa shape index (κ1) is 14.9. The molecule has 5 heteroatoms. The molecule has 0 spiro atoms. The van der Waals surface area contributed by atoms with Crippen LogP contribution in [0.4, 0.5) is 0 Å². The Bertz CT molecular complexity index is 576. The highest BCUT2D eigenvalue weighted by Gasteiger charge is 2.20. The third-order valence-corrected chi connectivity index (χ3v) is 3.78. The van der Waals surface area contributed by atoms with Gasteiger partial charge in [-0.1, -0.05) is 16.8 Å². The average molecular weight is 295 g/mol. The van der Waals surface area contributed by atoms with E-state index in [4.69, 9.17) is 26.6 Å². The SMILES string of the molecule is COc1ccc(Cl)cc1C(CN)Cc1c(C)noc1C. The van der Waals surface area contributed by atoms with E-state index in [1.54, 1.807) is 7.11 Å². The van der Waals surface area contributed by atoms with E-state index in [1.165, 1.54) is 0 Å². The molecular formula is C15H19ClN2O2. The summed E-state index contributed by atoms with van der Waals surface area (Å²) < 4.78 is 10.6. The van der Waals surface area contributed by atoms with Crippen LogP contribution in [0.25, 0.3) is 0 Å². The molecule has 1 aromatic carbocycles. The third-order valence-electron chi connectivity index (χ3n) is 3.55. The maximum Gasteiger partial charge on any atom is 0.137 e. The van der Waals surface area contributed by atoms with Crippen molar-refractivity contribution in [2.24, 2.45) is 5.73 Å². The predicted molar refractivity (Wildman–Crippen MR) is 79.5 cm³/mol. The van der Waals surface area contributed by atoms with Crippen LogP contribution in [-0.2, 0) is 6.42 Å². The summed E-state index contributed by atoms with van der Waals surface area (Å²) in [5, 5.41) is 4.66. The van der Waals surface area contributed by atoms with Crippen molar-refractivity contribution in [1.82, 2.24) is 5.16 Å². The van der Waals surface area contributed by atoms with Gasteiger partial charge in [0.25, 0.3) is 0 Å². The number of ether oxygens (including phenoxy) is 1. The Morgan fingerprint density at radius 2 is 2.15 bits per heavy atom. The molecule has 1 unspecified atom stereocenters. The van der Waals surface area contributed by atoms with E-state index >= 15 is 0 Å². The van der Waals surface area contributed by atoms with Crippen LogP contribution in [0.1, 0.15) is 28.5 Å². The second-order valence-electron chi connectivity index (χ2n) is 4.83. The van der Waals surface area contributed by atoms with Gasteiger partial charge in [0, 0.05) is 22.1 Å². The number of methoxy groups -OCH3 is 1. The molecule has 4 nitrogen and oxygen atoms in total. The van der Waals surface area contributed by atoms with Gasteiger partial charge in [0.2, 0.25) is 0 Å². The van der Waals surface area contributed by atoms with Crippen LogP contribution >= 0.6 is 11.6 Å². The first-order valence-corrected chi connectivity index (χ1v) is 6.89. The van der Waals surface area contributed by atoms with Gasteiger partial charge in [0.15, 0.2) is 0 Å². The topological polar surface area (TPSA) is 61.3 Å². The second-order valence-corrected chi connectivity index (χ2v) is 5.26. The zero-order valence-corrected chi connectivity index (χ0v) is 12.7. The Morgan fingerprint density at radius 3 is 2.70 bits per heavy atom. The smallest absolute Gasteiger partial charge is 0.137 e. The molecule has 0 aliphatic rings. The minimum absolute atomic E-state index is 0.112. The van der Waals surface area contributed by atoms with Crippen LogP contribution in [0, 0.1) is 13.8 Å². The fraction of sp³-hybridized carbons (Fsp3) is 0.400. The predicted octanol–water partition coefficient (Wildman–Crippen LogP) is 3.24. The minimum Gasteiger partial charge on any atom is -0.496 e. The molecule has 0 saturated carbocycles. The second kappa shape index (κ2) is 6.29. The van der Waals surface area contributed by atoms with Gasteiger partial charge in [-0.2, -0.15) is 0 Å². The summed E-state index contributed by atoms with van der Waals surface area (Å²) in [6.45, 7) is 4.35. The van der Waals surface area contributed by atoms with Gasteiger partial charge in [0.1, 0.15) is 11.5 Å². The van der Waals surface area contributed by atoms with Gasteiger partial charge in [-0.05, 0) is 45.0 Å². The Kier molecular flexibility index (Phi) is 4.68. The summed E-state index contributed by atoms with van der Waals surface area (Å²) in [5.41, 5.74) is 8.97. The number of nitrogens with zero attached hydrogens (tertiary/aromatic N) is 1. The lowest BCUT2D eigenvalue weighted by molar-refractivity contribution is 0.391. The summed E-state index contributed by atoms with van der Waals surface area (Å²) in [6.07, 6.45) is 0.758. The number of aryl methyl sites for hydroxylation is 2. The van der Waals surface area contributed by atoms with Crippen molar-refractivity contribution in [1.29, 1.82) is 0 Å².